The van der Waals surface area contributed by atoms with Crippen molar-refractivity contribution in [2.24, 2.45) is 10.9 Å². The van der Waals surface area contributed by atoms with Gasteiger partial charge in [-0.25, -0.2) is 4.39 Å². The van der Waals surface area contributed by atoms with E-state index in [-0.39, 0.29) is 17.5 Å². The Morgan fingerprint density at radius 2 is 1.81 bits per heavy atom. The molecule has 134 valence electrons. The molecule has 2 aromatic carbocycles. The van der Waals surface area contributed by atoms with Gasteiger partial charge in [0, 0.05) is 29.3 Å². The molecule has 0 spiro atoms. The first-order chi connectivity index (χ1) is 13.1. The van der Waals surface area contributed by atoms with Crippen molar-refractivity contribution in [3.05, 3.63) is 82.8 Å². The van der Waals surface area contributed by atoms with E-state index in [2.05, 4.69) is 11.1 Å². The molecule has 3 nitrogen and oxygen atoms in total. The summed E-state index contributed by atoms with van der Waals surface area (Å²) >= 11 is 0. The number of hydrogen-bond acceptors (Lipinski definition) is 3. The minimum Gasteiger partial charge on any atom is -0.294 e. The number of rotatable bonds is 2. The number of aliphatic imine (C=N–C) groups is 1. The van der Waals surface area contributed by atoms with E-state index in [0.717, 1.165) is 11.3 Å². The summed E-state index contributed by atoms with van der Waals surface area (Å²) in [4.78, 5) is 17.8. The number of nitrogens with zero attached hydrogens (tertiary/aromatic N) is 2. The van der Waals surface area contributed by atoms with Crippen molar-refractivity contribution in [1.82, 2.24) is 0 Å². The van der Waals surface area contributed by atoms with Gasteiger partial charge in [0.1, 0.15) is 5.82 Å². The van der Waals surface area contributed by atoms with E-state index >= 15 is 0 Å². The van der Waals surface area contributed by atoms with Gasteiger partial charge in [-0.1, -0.05) is 42.5 Å². The molecule has 1 unspecified atom stereocenters. The second kappa shape index (κ2) is 6.92. The highest BCUT2D eigenvalue weighted by Gasteiger charge is 2.41. The molecule has 0 N–H and O–H groups in total. The lowest BCUT2D eigenvalue weighted by molar-refractivity contribution is -0.116. The van der Waals surface area contributed by atoms with E-state index in [9.17, 15) is 14.4 Å². The van der Waals surface area contributed by atoms with Crippen molar-refractivity contribution in [1.29, 1.82) is 5.26 Å². The van der Waals surface area contributed by atoms with E-state index in [1.165, 1.54) is 12.1 Å². The third-order valence-electron chi connectivity index (χ3n) is 5.51. The highest BCUT2D eigenvalue weighted by Crippen LogP contribution is 2.46. The maximum atomic E-state index is 13.8. The molecule has 4 heteroatoms. The number of halogens is 1. The van der Waals surface area contributed by atoms with Crippen molar-refractivity contribution in [2.75, 3.05) is 0 Å². The number of carbonyl (C=O) groups excluding carboxylic acids is 1. The molecule has 0 fully saturated rings. The van der Waals surface area contributed by atoms with Gasteiger partial charge in [0.15, 0.2) is 5.78 Å². The summed E-state index contributed by atoms with van der Waals surface area (Å²) in [7, 11) is 0. The molecule has 0 saturated carbocycles. The third kappa shape index (κ3) is 3.10. The molecule has 1 aliphatic heterocycles. The zero-order valence-electron chi connectivity index (χ0n) is 15.0. The topological polar surface area (TPSA) is 53.2 Å². The molecule has 1 heterocycles. The average Bonchev–Trinajstić information content (AvgIpc) is 2.67. The highest BCUT2D eigenvalue weighted by atomic mass is 19.1. The number of carbonyl (C=O) groups is 1. The summed E-state index contributed by atoms with van der Waals surface area (Å²) in [5.74, 6) is -1.28. The lowest BCUT2D eigenvalue weighted by Gasteiger charge is -2.35. The van der Waals surface area contributed by atoms with E-state index in [1.807, 2.05) is 37.3 Å². The molecule has 1 aliphatic carbocycles. The number of nitriles is 1. The van der Waals surface area contributed by atoms with Crippen LogP contribution < -0.4 is 0 Å². The molecule has 0 radical (unpaired) electrons. The van der Waals surface area contributed by atoms with Crippen LogP contribution >= 0.6 is 0 Å². The second-order valence-corrected chi connectivity index (χ2v) is 7.19. The van der Waals surface area contributed by atoms with Crippen LogP contribution in [0.1, 0.15) is 42.7 Å². The lowest BCUT2D eigenvalue weighted by Crippen LogP contribution is -2.32. The molecule has 3 atom stereocenters. The van der Waals surface area contributed by atoms with Gasteiger partial charge in [-0.2, -0.15) is 5.26 Å². The number of benzene rings is 2. The van der Waals surface area contributed by atoms with Crippen molar-refractivity contribution in [3.63, 3.8) is 0 Å². The van der Waals surface area contributed by atoms with Gasteiger partial charge >= 0.3 is 0 Å². The Bertz CT molecular complexity index is 1000. The molecular formula is C23H19FN2O. The first-order valence-electron chi connectivity index (χ1n) is 9.10. The van der Waals surface area contributed by atoms with Crippen LogP contribution in [-0.2, 0) is 4.79 Å². The fraction of sp³-hybridized carbons (Fsp3) is 0.261. The summed E-state index contributed by atoms with van der Waals surface area (Å²) in [5, 5.41) is 9.71. The Morgan fingerprint density at radius 1 is 1.07 bits per heavy atom. The summed E-state index contributed by atoms with van der Waals surface area (Å²) in [6.45, 7) is 1.82. The van der Waals surface area contributed by atoms with Crippen LogP contribution in [0.25, 0.3) is 0 Å². The molecule has 27 heavy (non-hydrogen) atoms. The molecule has 2 aliphatic rings. The molecule has 0 aromatic heterocycles. The van der Waals surface area contributed by atoms with Crippen LogP contribution in [0.15, 0.2) is 70.9 Å². The van der Waals surface area contributed by atoms with Crippen molar-refractivity contribution >= 4 is 11.5 Å². The number of allylic oxidation sites excluding steroid dienone is 2. The van der Waals surface area contributed by atoms with E-state index in [1.54, 1.807) is 12.1 Å². The number of Topliss-reactive ketones (excluding diaryl/α,β-unsaturated/α-hetero) is 1. The normalized spacial score (nSPS) is 24.9. The SMILES string of the molecule is CC1=NC2=C(C(=O)C[C@@H](c3ccccc3)C2)[C@H](c2cccc(F)c2)C1C#N. The maximum absolute atomic E-state index is 13.8. The molecule has 2 aromatic rings. The van der Waals surface area contributed by atoms with E-state index < -0.39 is 11.8 Å². The highest BCUT2D eigenvalue weighted by molar-refractivity contribution is 6.03. The van der Waals surface area contributed by atoms with Gasteiger partial charge in [0.2, 0.25) is 0 Å². The third-order valence-corrected chi connectivity index (χ3v) is 5.51. The largest absolute Gasteiger partial charge is 0.294 e. The van der Waals surface area contributed by atoms with Gasteiger partial charge in [0.05, 0.1) is 12.0 Å². The van der Waals surface area contributed by atoms with Gasteiger partial charge in [-0.15, -0.1) is 0 Å². The maximum Gasteiger partial charge on any atom is 0.161 e. The smallest absolute Gasteiger partial charge is 0.161 e. The predicted octanol–water partition coefficient (Wildman–Crippen LogP) is 4.92. The second-order valence-electron chi connectivity index (χ2n) is 7.19. The van der Waals surface area contributed by atoms with Crippen LogP contribution in [-0.4, -0.2) is 11.5 Å². The summed E-state index contributed by atoms with van der Waals surface area (Å²) in [5.41, 5.74) is 3.81. The van der Waals surface area contributed by atoms with Gasteiger partial charge in [-0.05, 0) is 42.5 Å². The first kappa shape index (κ1) is 17.4. The molecule has 0 saturated heterocycles. The standard InChI is InChI=1S/C23H19FN2O/c1-14-19(13-25)22(16-8-5-9-18(24)10-16)23-20(26-14)11-17(12-21(23)27)15-6-3-2-4-7-15/h2-10,17,19,22H,11-12H2,1H3/t17-,19?,22+/m0/s1. The van der Waals surface area contributed by atoms with Crippen LogP contribution in [0.4, 0.5) is 4.39 Å². The van der Waals surface area contributed by atoms with Crippen LogP contribution in [0, 0.1) is 23.1 Å². The van der Waals surface area contributed by atoms with Crippen LogP contribution in [0.5, 0.6) is 0 Å². The molecule has 0 amide bonds. The fourth-order valence-corrected chi connectivity index (χ4v) is 4.25. The Hall–Kier alpha value is -3.06. The molecule has 4 rings (SSSR count). The average molecular weight is 358 g/mol. The fourth-order valence-electron chi connectivity index (χ4n) is 4.25. The summed E-state index contributed by atoms with van der Waals surface area (Å²) in [6, 6.07) is 18.5. The zero-order valence-corrected chi connectivity index (χ0v) is 15.0. The van der Waals surface area contributed by atoms with E-state index in [0.29, 0.717) is 29.7 Å². The summed E-state index contributed by atoms with van der Waals surface area (Å²) < 4.78 is 13.8. The predicted molar refractivity (Wildman–Crippen MR) is 102 cm³/mol. The quantitative estimate of drug-likeness (QED) is 0.765. The van der Waals surface area contributed by atoms with Crippen molar-refractivity contribution in [2.45, 2.75) is 31.6 Å². The Balaban J connectivity index is 1.81. The zero-order chi connectivity index (χ0) is 19.0. The first-order valence-corrected chi connectivity index (χ1v) is 9.10. The monoisotopic (exact) mass is 358 g/mol. The minimum absolute atomic E-state index is 0.0101. The minimum atomic E-state index is -0.553. The Kier molecular flexibility index (Phi) is 4.45. The van der Waals surface area contributed by atoms with Crippen LogP contribution in [0.3, 0.4) is 0 Å². The molecule has 0 bridgehead atoms. The molecular weight excluding hydrogens is 339 g/mol. The Labute approximate surface area is 157 Å². The van der Waals surface area contributed by atoms with Gasteiger partial charge in [-0.3, -0.25) is 9.79 Å². The van der Waals surface area contributed by atoms with Crippen molar-refractivity contribution in [3.8, 4) is 6.07 Å². The van der Waals surface area contributed by atoms with E-state index in [4.69, 9.17) is 0 Å². The number of hydrogen-bond donors (Lipinski definition) is 0. The lowest BCUT2D eigenvalue weighted by atomic mass is 9.69. The van der Waals surface area contributed by atoms with Crippen molar-refractivity contribution < 1.29 is 9.18 Å². The number of ketones is 1. The Morgan fingerprint density at radius 3 is 2.52 bits per heavy atom. The van der Waals surface area contributed by atoms with Crippen LogP contribution in [0.2, 0.25) is 0 Å². The van der Waals surface area contributed by atoms with Gasteiger partial charge < -0.3 is 0 Å². The van der Waals surface area contributed by atoms with Gasteiger partial charge in [0.25, 0.3) is 0 Å². The summed E-state index contributed by atoms with van der Waals surface area (Å²) in [6.07, 6.45) is 1.05.